The van der Waals surface area contributed by atoms with Gasteiger partial charge in [-0.1, -0.05) is 60.7 Å². The fraction of sp³-hybridized carbons (Fsp3) is 0. The van der Waals surface area contributed by atoms with Crippen LogP contribution in [-0.2, 0) is 0 Å². The van der Waals surface area contributed by atoms with Gasteiger partial charge in [-0.05, 0) is 29.8 Å². The lowest BCUT2D eigenvalue weighted by Gasteiger charge is -2.06. The summed E-state index contributed by atoms with van der Waals surface area (Å²) in [6, 6.07) is 28.9. The molecule has 0 radical (unpaired) electrons. The number of para-hydroxylation sites is 2. The van der Waals surface area contributed by atoms with E-state index in [1.54, 1.807) is 0 Å². The molecule has 3 aromatic carbocycles. The molecule has 5 rings (SSSR count). The summed E-state index contributed by atoms with van der Waals surface area (Å²) in [4.78, 5) is 4.46. The van der Waals surface area contributed by atoms with Crippen molar-refractivity contribution in [1.29, 1.82) is 0 Å². The first-order chi connectivity index (χ1) is 12.4. The quantitative estimate of drug-likeness (QED) is 0.380. The van der Waals surface area contributed by atoms with E-state index in [4.69, 9.17) is 4.42 Å². The Bertz CT molecular complexity index is 1190. The molecule has 0 atom stereocenters. The average Bonchev–Trinajstić information content (AvgIpc) is 3.07. The predicted octanol–water partition coefficient (Wildman–Crippen LogP) is 6.32. The maximum Gasteiger partial charge on any atom is 0.143 e. The summed E-state index contributed by atoms with van der Waals surface area (Å²) in [6.07, 6.45) is 1.82. The topological polar surface area (TPSA) is 26.0 Å². The first-order valence-electron chi connectivity index (χ1n) is 8.32. The van der Waals surface area contributed by atoms with Crippen molar-refractivity contribution in [2.75, 3.05) is 0 Å². The molecule has 118 valence electrons. The third kappa shape index (κ3) is 2.31. The van der Waals surface area contributed by atoms with Crippen LogP contribution in [0.25, 0.3) is 44.3 Å². The van der Waals surface area contributed by atoms with E-state index < -0.39 is 0 Å². The zero-order chi connectivity index (χ0) is 16.6. The van der Waals surface area contributed by atoms with Gasteiger partial charge in [-0.25, -0.2) is 0 Å². The van der Waals surface area contributed by atoms with Crippen LogP contribution in [0.2, 0.25) is 0 Å². The second-order valence-electron chi connectivity index (χ2n) is 6.08. The Morgan fingerprint density at radius 1 is 0.640 bits per heavy atom. The number of nitrogens with zero attached hydrogens (tertiary/aromatic N) is 1. The predicted molar refractivity (Wildman–Crippen MR) is 102 cm³/mol. The van der Waals surface area contributed by atoms with Crippen molar-refractivity contribution < 1.29 is 4.42 Å². The first kappa shape index (κ1) is 14.0. The van der Waals surface area contributed by atoms with Crippen molar-refractivity contribution in [3.8, 4) is 22.4 Å². The molecular weight excluding hydrogens is 306 g/mol. The fourth-order valence-electron chi connectivity index (χ4n) is 3.35. The van der Waals surface area contributed by atoms with Crippen molar-refractivity contribution in [2.45, 2.75) is 0 Å². The van der Waals surface area contributed by atoms with Gasteiger partial charge in [0.25, 0.3) is 0 Å². The van der Waals surface area contributed by atoms with E-state index in [1.807, 2.05) is 42.6 Å². The monoisotopic (exact) mass is 321 g/mol. The minimum atomic E-state index is 0.922. The Kier molecular flexibility index (Phi) is 3.14. The van der Waals surface area contributed by atoms with Crippen molar-refractivity contribution in [1.82, 2.24) is 4.98 Å². The highest BCUT2D eigenvalue weighted by atomic mass is 16.3. The highest BCUT2D eigenvalue weighted by Crippen LogP contribution is 2.36. The highest BCUT2D eigenvalue weighted by molar-refractivity contribution is 6.09. The molecule has 25 heavy (non-hydrogen) atoms. The van der Waals surface area contributed by atoms with E-state index >= 15 is 0 Å². The SMILES string of the molecule is c1ccc(-c2cccc(-c3cccc4c3oc3ccccc34)c2)nc1. The number of rotatable bonds is 2. The second kappa shape index (κ2) is 5.60. The number of furan rings is 1. The molecule has 0 spiro atoms. The number of aromatic nitrogens is 1. The van der Waals surface area contributed by atoms with E-state index in [-0.39, 0.29) is 0 Å². The largest absolute Gasteiger partial charge is 0.455 e. The average molecular weight is 321 g/mol. The highest BCUT2D eigenvalue weighted by Gasteiger charge is 2.12. The van der Waals surface area contributed by atoms with Gasteiger partial charge in [-0.3, -0.25) is 4.98 Å². The Labute approximate surface area is 145 Å². The number of hydrogen-bond acceptors (Lipinski definition) is 2. The van der Waals surface area contributed by atoms with Crippen LogP contribution < -0.4 is 0 Å². The number of benzene rings is 3. The lowest BCUT2D eigenvalue weighted by atomic mass is 9.99. The van der Waals surface area contributed by atoms with Gasteiger partial charge in [0, 0.05) is 28.1 Å². The van der Waals surface area contributed by atoms with Gasteiger partial charge >= 0.3 is 0 Å². The fourth-order valence-corrected chi connectivity index (χ4v) is 3.35. The molecule has 0 unspecified atom stereocenters. The number of fused-ring (bicyclic) bond motifs is 3. The summed E-state index contributed by atoms with van der Waals surface area (Å²) in [6.45, 7) is 0. The van der Waals surface area contributed by atoms with Crippen LogP contribution in [0.5, 0.6) is 0 Å². The van der Waals surface area contributed by atoms with Gasteiger partial charge < -0.3 is 4.42 Å². The molecule has 0 saturated heterocycles. The molecule has 0 aliphatic heterocycles. The maximum absolute atomic E-state index is 6.17. The molecule has 0 saturated carbocycles. The maximum atomic E-state index is 6.17. The van der Waals surface area contributed by atoms with Crippen molar-refractivity contribution >= 4 is 21.9 Å². The number of hydrogen-bond donors (Lipinski definition) is 0. The van der Waals surface area contributed by atoms with E-state index in [9.17, 15) is 0 Å². The van der Waals surface area contributed by atoms with E-state index in [0.29, 0.717) is 0 Å². The molecule has 0 fully saturated rings. The Balaban J connectivity index is 1.74. The minimum absolute atomic E-state index is 0.922. The third-order valence-electron chi connectivity index (χ3n) is 4.54. The van der Waals surface area contributed by atoms with Gasteiger partial charge in [0.15, 0.2) is 0 Å². The summed E-state index contributed by atoms with van der Waals surface area (Å²) in [5, 5.41) is 2.30. The van der Waals surface area contributed by atoms with Gasteiger partial charge in [-0.15, -0.1) is 0 Å². The van der Waals surface area contributed by atoms with Crippen LogP contribution in [0.1, 0.15) is 0 Å². The molecule has 0 amide bonds. The summed E-state index contributed by atoms with van der Waals surface area (Å²) in [5.41, 5.74) is 6.17. The van der Waals surface area contributed by atoms with Gasteiger partial charge in [0.1, 0.15) is 11.2 Å². The Morgan fingerprint density at radius 3 is 2.36 bits per heavy atom. The van der Waals surface area contributed by atoms with Crippen molar-refractivity contribution in [2.24, 2.45) is 0 Å². The summed E-state index contributed by atoms with van der Waals surface area (Å²) in [5.74, 6) is 0. The zero-order valence-electron chi connectivity index (χ0n) is 13.5. The summed E-state index contributed by atoms with van der Waals surface area (Å²) >= 11 is 0. The van der Waals surface area contributed by atoms with Gasteiger partial charge in [0.2, 0.25) is 0 Å². The molecule has 0 N–H and O–H groups in total. The third-order valence-corrected chi connectivity index (χ3v) is 4.54. The smallest absolute Gasteiger partial charge is 0.143 e. The lowest BCUT2D eigenvalue weighted by molar-refractivity contribution is 0.670. The van der Waals surface area contributed by atoms with Crippen LogP contribution in [0.4, 0.5) is 0 Å². The molecule has 5 aromatic rings. The molecule has 2 aromatic heterocycles. The summed E-state index contributed by atoms with van der Waals surface area (Å²) in [7, 11) is 0. The normalized spacial score (nSPS) is 11.2. The minimum Gasteiger partial charge on any atom is -0.455 e. The molecule has 0 bridgehead atoms. The Hall–Kier alpha value is -3.39. The van der Waals surface area contributed by atoms with E-state index in [1.165, 1.54) is 0 Å². The first-order valence-corrected chi connectivity index (χ1v) is 8.32. The standard InChI is InChI=1S/C23H15NO/c1-2-13-22-19(9-1)20-11-6-10-18(23(20)25-22)16-7-5-8-17(15-16)21-12-3-4-14-24-21/h1-15H. The Morgan fingerprint density at radius 2 is 1.44 bits per heavy atom. The van der Waals surface area contributed by atoms with Gasteiger partial charge in [0.05, 0.1) is 5.69 Å². The molecule has 2 nitrogen and oxygen atoms in total. The summed E-state index contributed by atoms with van der Waals surface area (Å²) < 4.78 is 6.17. The van der Waals surface area contributed by atoms with E-state index in [0.717, 1.165) is 44.3 Å². The molecule has 2 heterocycles. The van der Waals surface area contributed by atoms with Crippen LogP contribution in [-0.4, -0.2) is 4.98 Å². The van der Waals surface area contributed by atoms with Crippen LogP contribution >= 0.6 is 0 Å². The van der Waals surface area contributed by atoms with Crippen molar-refractivity contribution in [3.63, 3.8) is 0 Å². The number of pyridine rings is 1. The molecule has 0 aliphatic carbocycles. The van der Waals surface area contributed by atoms with E-state index in [2.05, 4.69) is 53.5 Å². The molecular formula is C23H15NO. The lowest BCUT2D eigenvalue weighted by Crippen LogP contribution is -1.84. The van der Waals surface area contributed by atoms with Gasteiger partial charge in [-0.2, -0.15) is 0 Å². The van der Waals surface area contributed by atoms with Crippen LogP contribution in [0, 0.1) is 0 Å². The van der Waals surface area contributed by atoms with Crippen LogP contribution in [0.15, 0.2) is 95.5 Å². The molecule has 0 aliphatic rings. The molecule has 2 heteroatoms. The van der Waals surface area contributed by atoms with Crippen LogP contribution in [0.3, 0.4) is 0 Å². The van der Waals surface area contributed by atoms with Crippen molar-refractivity contribution in [3.05, 3.63) is 91.1 Å². The zero-order valence-corrected chi connectivity index (χ0v) is 13.5. The second-order valence-corrected chi connectivity index (χ2v) is 6.08.